The molecule has 2 heterocycles. The Balaban J connectivity index is 1.84. The minimum absolute atomic E-state index is 0.202. The summed E-state index contributed by atoms with van der Waals surface area (Å²) in [7, 11) is -3.64. The summed E-state index contributed by atoms with van der Waals surface area (Å²) >= 11 is 0. The first-order valence-corrected chi connectivity index (χ1v) is 10.2. The van der Waals surface area contributed by atoms with E-state index in [4.69, 9.17) is 0 Å². The fourth-order valence-corrected chi connectivity index (χ4v) is 4.68. The van der Waals surface area contributed by atoms with Crippen molar-refractivity contribution in [1.82, 2.24) is 4.90 Å². The largest absolute Gasteiger partial charge is 0.366 e. The molecule has 0 unspecified atom stereocenters. The molecule has 0 radical (unpaired) electrons. The van der Waals surface area contributed by atoms with Crippen LogP contribution in [0.1, 0.15) is 25.7 Å². The second-order valence-electron chi connectivity index (χ2n) is 6.61. The van der Waals surface area contributed by atoms with Gasteiger partial charge in [-0.2, -0.15) is 0 Å². The summed E-state index contributed by atoms with van der Waals surface area (Å²) in [5.41, 5.74) is 0.127. The SMILES string of the molecule is CS(=O)(=O)c1cccc(N2CCC(N3CCCC3)CC2)c1[N+](=O)[O-]. The Morgan fingerprint density at radius 3 is 2.29 bits per heavy atom. The predicted octanol–water partition coefficient (Wildman–Crippen LogP) is 2.06. The number of nitro benzene ring substituents is 1. The van der Waals surface area contributed by atoms with Crippen LogP contribution in [-0.4, -0.2) is 56.7 Å². The molecule has 0 saturated carbocycles. The van der Waals surface area contributed by atoms with Gasteiger partial charge in [0.25, 0.3) is 0 Å². The molecular formula is C16H23N3O4S. The third kappa shape index (κ3) is 3.39. The van der Waals surface area contributed by atoms with Gasteiger partial charge in [0.05, 0.1) is 4.92 Å². The molecule has 3 rings (SSSR count). The molecule has 2 saturated heterocycles. The van der Waals surface area contributed by atoms with E-state index in [9.17, 15) is 18.5 Å². The first-order valence-electron chi connectivity index (χ1n) is 8.34. The van der Waals surface area contributed by atoms with E-state index in [1.54, 1.807) is 12.1 Å². The number of nitro groups is 1. The summed E-state index contributed by atoms with van der Waals surface area (Å²) in [6.45, 7) is 3.73. The van der Waals surface area contributed by atoms with E-state index in [-0.39, 0.29) is 10.6 Å². The average molecular weight is 353 g/mol. The van der Waals surface area contributed by atoms with E-state index in [0.29, 0.717) is 11.7 Å². The third-order valence-electron chi connectivity index (χ3n) is 5.02. The molecule has 2 aliphatic heterocycles. The van der Waals surface area contributed by atoms with Crippen LogP contribution in [0.2, 0.25) is 0 Å². The smallest absolute Gasteiger partial charge is 0.311 e. The lowest BCUT2D eigenvalue weighted by Crippen LogP contribution is -2.44. The molecule has 2 aliphatic rings. The normalized spacial score (nSPS) is 20.5. The zero-order chi connectivity index (χ0) is 17.3. The maximum Gasteiger partial charge on any atom is 0.311 e. The zero-order valence-corrected chi connectivity index (χ0v) is 14.7. The van der Waals surface area contributed by atoms with Gasteiger partial charge >= 0.3 is 5.69 Å². The average Bonchev–Trinajstić information content (AvgIpc) is 3.08. The van der Waals surface area contributed by atoms with Crippen molar-refractivity contribution in [2.45, 2.75) is 36.6 Å². The standard InChI is InChI=1S/C16H23N3O4S/c1-24(22,23)15-6-4-5-14(16(15)19(20)21)18-11-7-13(8-12-18)17-9-2-3-10-17/h4-6,13H,2-3,7-12H2,1H3. The van der Waals surface area contributed by atoms with Crippen LogP contribution in [-0.2, 0) is 9.84 Å². The number of anilines is 1. The van der Waals surface area contributed by atoms with Crippen LogP contribution in [0, 0.1) is 10.1 Å². The van der Waals surface area contributed by atoms with Crippen LogP contribution in [0.5, 0.6) is 0 Å². The predicted molar refractivity (Wildman–Crippen MR) is 92.2 cm³/mol. The summed E-state index contributed by atoms with van der Waals surface area (Å²) in [6, 6.07) is 5.10. The lowest BCUT2D eigenvalue weighted by Gasteiger charge is -2.37. The number of hydrogen-bond acceptors (Lipinski definition) is 6. The third-order valence-corrected chi connectivity index (χ3v) is 6.15. The molecule has 0 N–H and O–H groups in total. The molecule has 0 atom stereocenters. The van der Waals surface area contributed by atoms with Crippen molar-refractivity contribution >= 4 is 21.2 Å². The molecule has 0 amide bonds. The summed E-state index contributed by atoms with van der Waals surface area (Å²) in [6.07, 6.45) is 5.43. The molecule has 0 bridgehead atoms. The molecule has 1 aromatic rings. The molecular weight excluding hydrogens is 330 g/mol. The van der Waals surface area contributed by atoms with Gasteiger partial charge in [-0.15, -0.1) is 0 Å². The van der Waals surface area contributed by atoms with E-state index < -0.39 is 14.8 Å². The number of sulfone groups is 1. The first kappa shape index (κ1) is 17.2. The lowest BCUT2D eigenvalue weighted by molar-refractivity contribution is -0.387. The van der Waals surface area contributed by atoms with Crippen molar-refractivity contribution in [2.24, 2.45) is 0 Å². The van der Waals surface area contributed by atoms with Gasteiger partial charge in [0, 0.05) is 25.4 Å². The molecule has 0 spiro atoms. The molecule has 0 aromatic heterocycles. The van der Waals surface area contributed by atoms with Gasteiger partial charge in [-0.25, -0.2) is 8.42 Å². The van der Waals surface area contributed by atoms with E-state index in [1.807, 2.05) is 4.90 Å². The van der Waals surface area contributed by atoms with Gasteiger partial charge in [-0.3, -0.25) is 10.1 Å². The highest BCUT2D eigenvalue weighted by Gasteiger charge is 2.32. The Bertz CT molecular complexity index is 721. The van der Waals surface area contributed by atoms with Crippen molar-refractivity contribution in [1.29, 1.82) is 0 Å². The Kier molecular flexibility index (Phi) is 4.78. The van der Waals surface area contributed by atoms with Crippen molar-refractivity contribution in [3.05, 3.63) is 28.3 Å². The number of hydrogen-bond donors (Lipinski definition) is 0. The van der Waals surface area contributed by atoms with Crippen LogP contribution < -0.4 is 4.90 Å². The molecule has 132 valence electrons. The Morgan fingerprint density at radius 2 is 1.75 bits per heavy atom. The minimum Gasteiger partial charge on any atom is -0.366 e. The Hall–Kier alpha value is -1.67. The lowest BCUT2D eigenvalue weighted by atomic mass is 10.0. The molecule has 1 aromatic carbocycles. The van der Waals surface area contributed by atoms with Crippen LogP contribution >= 0.6 is 0 Å². The van der Waals surface area contributed by atoms with Crippen LogP contribution in [0.25, 0.3) is 0 Å². The number of para-hydroxylation sites is 1. The van der Waals surface area contributed by atoms with Crippen molar-refractivity contribution in [3.8, 4) is 0 Å². The molecule has 8 heteroatoms. The minimum atomic E-state index is -3.64. The van der Waals surface area contributed by atoms with Gasteiger partial charge in [0.2, 0.25) is 0 Å². The van der Waals surface area contributed by atoms with Crippen LogP contribution in [0.3, 0.4) is 0 Å². The second-order valence-corrected chi connectivity index (χ2v) is 8.60. The van der Waals surface area contributed by atoms with Crippen LogP contribution in [0.4, 0.5) is 11.4 Å². The Morgan fingerprint density at radius 1 is 1.12 bits per heavy atom. The van der Waals surface area contributed by atoms with E-state index in [0.717, 1.165) is 45.3 Å². The van der Waals surface area contributed by atoms with E-state index in [2.05, 4.69) is 4.90 Å². The quantitative estimate of drug-likeness (QED) is 0.608. The fraction of sp³-hybridized carbons (Fsp3) is 0.625. The highest BCUT2D eigenvalue weighted by Crippen LogP contribution is 2.36. The van der Waals surface area contributed by atoms with Gasteiger partial charge < -0.3 is 9.80 Å². The summed E-state index contributed by atoms with van der Waals surface area (Å²) in [4.78, 5) is 15.2. The van der Waals surface area contributed by atoms with Crippen molar-refractivity contribution in [2.75, 3.05) is 37.3 Å². The van der Waals surface area contributed by atoms with Gasteiger partial charge in [0.15, 0.2) is 9.84 Å². The van der Waals surface area contributed by atoms with Gasteiger partial charge in [0.1, 0.15) is 10.6 Å². The summed E-state index contributed by atoms with van der Waals surface area (Å²) < 4.78 is 23.8. The highest BCUT2D eigenvalue weighted by atomic mass is 32.2. The molecule has 0 aliphatic carbocycles. The molecule has 24 heavy (non-hydrogen) atoms. The molecule has 2 fully saturated rings. The van der Waals surface area contributed by atoms with Crippen molar-refractivity contribution < 1.29 is 13.3 Å². The molecule has 7 nitrogen and oxygen atoms in total. The zero-order valence-electron chi connectivity index (χ0n) is 13.8. The van der Waals surface area contributed by atoms with E-state index in [1.165, 1.54) is 18.9 Å². The Labute approximate surface area is 142 Å². The highest BCUT2D eigenvalue weighted by molar-refractivity contribution is 7.90. The van der Waals surface area contributed by atoms with Crippen molar-refractivity contribution in [3.63, 3.8) is 0 Å². The fourth-order valence-electron chi connectivity index (χ4n) is 3.83. The number of nitrogens with zero attached hydrogens (tertiary/aromatic N) is 3. The topological polar surface area (TPSA) is 83.8 Å². The number of benzene rings is 1. The first-order chi connectivity index (χ1) is 11.4. The van der Waals surface area contributed by atoms with Gasteiger partial charge in [-0.1, -0.05) is 6.07 Å². The maximum atomic E-state index is 11.9. The summed E-state index contributed by atoms with van der Waals surface area (Å²) in [5, 5.41) is 11.5. The monoisotopic (exact) mass is 353 g/mol. The van der Waals surface area contributed by atoms with E-state index >= 15 is 0 Å². The number of likely N-dealkylation sites (tertiary alicyclic amines) is 1. The number of rotatable bonds is 4. The number of piperidine rings is 1. The second kappa shape index (κ2) is 6.68. The maximum absolute atomic E-state index is 11.9. The van der Waals surface area contributed by atoms with Gasteiger partial charge in [-0.05, 0) is 50.9 Å². The van der Waals surface area contributed by atoms with Crippen LogP contribution in [0.15, 0.2) is 23.1 Å². The summed E-state index contributed by atoms with van der Waals surface area (Å²) in [5.74, 6) is 0.